The van der Waals surface area contributed by atoms with Gasteiger partial charge in [-0.25, -0.2) is 0 Å². The molecule has 0 amide bonds. The number of allylic oxidation sites excluding steroid dienone is 4. The van der Waals surface area contributed by atoms with Gasteiger partial charge in [0, 0.05) is 0 Å². The van der Waals surface area contributed by atoms with Crippen molar-refractivity contribution in [1.29, 1.82) is 0 Å². The van der Waals surface area contributed by atoms with E-state index < -0.39 is 0 Å². The summed E-state index contributed by atoms with van der Waals surface area (Å²) in [5, 5.41) is 10.8. The van der Waals surface area contributed by atoms with E-state index in [0.717, 1.165) is 18.3 Å². The van der Waals surface area contributed by atoms with Gasteiger partial charge in [-0.15, -0.1) is 0 Å². The maximum Gasteiger partial charge on any atom is 0.0594 e. The number of hydrogen-bond acceptors (Lipinski definition) is 1. The van der Waals surface area contributed by atoms with Crippen LogP contribution in [-0.2, 0) is 0 Å². The number of fused-ring (bicyclic) bond motifs is 5. The zero-order chi connectivity index (χ0) is 22.8. The maximum absolute atomic E-state index is 10.8. The van der Waals surface area contributed by atoms with Gasteiger partial charge in [0.05, 0.1) is 6.10 Å². The van der Waals surface area contributed by atoms with E-state index in [9.17, 15) is 5.11 Å². The van der Waals surface area contributed by atoms with E-state index >= 15 is 0 Å². The molecular weight excluding hydrogens is 376 g/mol. The molecule has 31 heavy (non-hydrogen) atoms. The second kappa shape index (κ2) is 7.75. The summed E-state index contributed by atoms with van der Waals surface area (Å²) >= 11 is 0. The molecule has 176 valence electrons. The lowest BCUT2D eigenvalue weighted by molar-refractivity contribution is -0.200. The molecule has 1 nitrogen and oxygen atoms in total. The van der Waals surface area contributed by atoms with Gasteiger partial charge in [-0.05, 0) is 117 Å². The van der Waals surface area contributed by atoms with Crippen molar-refractivity contribution < 1.29 is 5.11 Å². The first kappa shape index (κ1) is 23.6. The summed E-state index contributed by atoms with van der Waals surface area (Å²) in [4.78, 5) is 0. The van der Waals surface area contributed by atoms with Crippen molar-refractivity contribution in [3.8, 4) is 0 Å². The van der Waals surface area contributed by atoms with Gasteiger partial charge in [0.1, 0.15) is 0 Å². The summed E-state index contributed by atoms with van der Waals surface area (Å²) in [7, 11) is 0. The normalized spacial score (nSPS) is 44.9. The molecule has 3 saturated carbocycles. The van der Waals surface area contributed by atoms with Crippen molar-refractivity contribution in [3.63, 3.8) is 0 Å². The molecule has 3 fully saturated rings. The Balaban J connectivity index is 1.64. The lowest BCUT2D eigenvalue weighted by Gasteiger charge is -2.69. The van der Waals surface area contributed by atoms with Crippen LogP contribution in [0.4, 0.5) is 0 Å². The largest absolute Gasteiger partial charge is 0.393 e. The smallest absolute Gasteiger partial charge is 0.0594 e. The van der Waals surface area contributed by atoms with Crippen molar-refractivity contribution in [2.24, 2.45) is 39.4 Å². The summed E-state index contributed by atoms with van der Waals surface area (Å²) in [6.07, 6.45) is 15.2. The highest BCUT2D eigenvalue weighted by atomic mass is 16.3. The first-order valence-corrected chi connectivity index (χ1v) is 13.4. The quantitative estimate of drug-likeness (QED) is 0.447. The predicted octanol–water partition coefficient (Wildman–Crippen LogP) is 8.48. The van der Waals surface area contributed by atoms with E-state index in [1.807, 2.05) is 11.1 Å². The Hall–Kier alpha value is -0.560. The van der Waals surface area contributed by atoms with Crippen LogP contribution in [0.2, 0.25) is 0 Å². The summed E-state index contributed by atoms with van der Waals surface area (Å²) in [5.74, 6) is 2.21. The minimum Gasteiger partial charge on any atom is -0.393 e. The fourth-order valence-corrected chi connectivity index (χ4v) is 9.59. The number of aliphatic hydroxyl groups excluding tert-OH is 1. The standard InChI is InChI=1S/C30H50O/c1-20(2)10-9-11-21(3)22-14-18-29(7)23(22)12-13-25-28(6)17-16-26(31)27(4,5)24(28)15-19-30(25,29)8/h10,21,24-26,31H,9,11-19H2,1-8H3/t21-,24+,25-,26+,28+,29-,30-/m1/s1. The minimum absolute atomic E-state index is 0.0611. The van der Waals surface area contributed by atoms with Crippen molar-refractivity contribution in [2.45, 2.75) is 126 Å². The van der Waals surface area contributed by atoms with E-state index in [1.54, 1.807) is 0 Å². The third-order valence-corrected chi connectivity index (χ3v) is 11.7. The number of aliphatic hydroxyl groups is 1. The predicted molar refractivity (Wildman–Crippen MR) is 133 cm³/mol. The zero-order valence-electron chi connectivity index (χ0n) is 21.9. The van der Waals surface area contributed by atoms with E-state index in [1.165, 1.54) is 63.4 Å². The number of hydrogen-bond donors (Lipinski definition) is 1. The van der Waals surface area contributed by atoms with Gasteiger partial charge in [0.25, 0.3) is 0 Å². The fourth-order valence-electron chi connectivity index (χ4n) is 9.59. The van der Waals surface area contributed by atoms with Gasteiger partial charge in [-0.3, -0.25) is 0 Å². The fraction of sp³-hybridized carbons (Fsp3) is 0.867. The third-order valence-electron chi connectivity index (χ3n) is 11.7. The molecule has 7 atom stereocenters. The molecule has 0 radical (unpaired) electrons. The zero-order valence-corrected chi connectivity index (χ0v) is 21.9. The van der Waals surface area contributed by atoms with E-state index in [0.29, 0.717) is 22.2 Å². The molecule has 0 unspecified atom stereocenters. The molecule has 4 aliphatic rings. The average Bonchev–Trinajstić information content (AvgIpc) is 3.03. The SMILES string of the molecule is CC(C)=CCC[C@@H](C)C1=C2CC[C@@H]3[C@@]4(C)CC[C@H](O)C(C)(C)[C@@H]4CC[C@@]3(C)[C@]2(C)CC1. The Morgan fingerprint density at radius 2 is 1.68 bits per heavy atom. The van der Waals surface area contributed by atoms with Crippen LogP contribution >= 0.6 is 0 Å². The van der Waals surface area contributed by atoms with Gasteiger partial charge in [-0.2, -0.15) is 0 Å². The van der Waals surface area contributed by atoms with Crippen LogP contribution < -0.4 is 0 Å². The van der Waals surface area contributed by atoms with Gasteiger partial charge in [-0.1, -0.05) is 64.3 Å². The summed E-state index contributed by atoms with van der Waals surface area (Å²) in [6.45, 7) is 19.7. The monoisotopic (exact) mass is 426 g/mol. The topological polar surface area (TPSA) is 20.2 Å². The Kier molecular flexibility index (Phi) is 5.90. The number of rotatable bonds is 4. The Bertz CT molecular complexity index is 767. The minimum atomic E-state index is -0.121. The first-order valence-electron chi connectivity index (χ1n) is 13.4. The third kappa shape index (κ3) is 3.34. The highest BCUT2D eigenvalue weighted by Crippen LogP contribution is 2.74. The van der Waals surface area contributed by atoms with Crippen LogP contribution in [0, 0.1) is 39.4 Å². The van der Waals surface area contributed by atoms with E-state index in [2.05, 4.69) is 61.5 Å². The van der Waals surface area contributed by atoms with Crippen molar-refractivity contribution in [1.82, 2.24) is 0 Å². The highest BCUT2D eigenvalue weighted by molar-refractivity contribution is 5.36. The van der Waals surface area contributed by atoms with Crippen LogP contribution in [0.3, 0.4) is 0 Å². The van der Waals surface area contributed by atoms with Gasteiger partial charge < -0.3 is 5.11 Å². The Labute approximate surface area is 193 Å². The van der Waals surface area contributed by atoms with Crippen LogP contribution in [-0.4, -0.2) is 11.2 Å². The molecule has 4 aliphatic carbocycles. The van der Waals surface area contributed by atoms with Gasteiger partial charge in [0.15, 0.2) is 0 Å². The van der Waals surface area contributed by atoms with Crippen LogP contribution in [0.5, 0.6) is 0 Å². The molecule has 0 saturated heterocycles. The van der Waals surface area contributed by atoms with Crippen LogP contribution in [0.15, 0.2) is 22.8 Å². The Morgan fingerprint density at radius 3 is 2.35 bits per heavy atom. The maximum atomic E-state index is 10.8. The lowest BCUT2D eigenvalue weighted by Crippen LogP contribution is -2.62. The summed E-state index contributed by atoms with van der Waals surface area (Å²) in [5.41, 5.74) is 6.45. The molecule has 0 heterocycles. The van der Waals surface area contributed by atoms with Crippen molar-refractivity contribution in [3.05, 3.63) is 22.8 Å². The average molecular weight is 427 g/mol. The summed E-state index contributed by atoms with van der Waals surface area (Å²) in [6, 6.07) is 0. The first-order chi connectivity index (χ1) is 14.4. The van der Waals surface area contributed by atoms with E-state index in [-0.39, 0.29) is 11.5 Å². The molecule has 1 N–H and O–H groups in total. The lowest BCUT2D eigenvalue weighted by atomic mass is 9.36. The molecular formula is C30H50O. The summed E-state index contributed by atoms with van der Waals surface area (Å²) < 4.78 is 0. The molecule has 0 aromatic rings. The van der Waals surface area contributed by atoms with Crippen molar-refractivity contribution in [2.75, 3.05) is 0 Å². The molecule has 1 heteroatoms. The van der Waals surface area contributed by atoms with E-state index in [4.69, 9.17) is 0 Å². The highest BCUT2D eigenvalue weighted by Gasteiger charge is 2.66. The Morgan fingerprint density at radius 1 is 0.968 bits per heavy atom. The molecule has 0 aromatic carbocycles. The molecule has 0 aliphatic heterocycles. The van der Waals surface area contributed by atoms with Gasteiger partial charge >= 0.3 is 0 Å². The molecule has 4 rings (SSSR count). The van der Waals surface area contributed by atoms with Crippen molar-refractivity contribution >= 4 is 0 Å². The van der Waals surface area contributed by atoms with Crippen LogP contribution in [0.1, 0.15) is 120 Å². The molecule has 0 aromatic heterocycles. The molecule has 0 bridgehead atoms. The second-order valence-corrected chi connectivity index (χ2v) is 13.6. The molecule has 0 spiro atoms. The van der Waals surface area contributed by atoms with Crippen LogP contribution in [0.25, 0.3) is 0 Å². The van der Waals surface area contributed by atoms with Gasteiger partial charge in [0.2, 0.25) is 0 Å². The second-order valence-electron chi connectivity index (χ2n) is 13.6.